The highest BCUT2D eigenvalue weighted by molar-refractivity contribution is 6.09. The Morgan fingerprint density at radius 1 is 1.03 bits per heavy atom. The fourth-order valence-corrected chi connectivity index (χ4v) is 4.57. The summed E-state index contributed by atoms with van der Waals surface area (Å²) in [6.07, 6.45) is 6.81. The number of halogens is 1. The van der Waals surface area contributed by atoms with Gasteiger partial charge in [0.05, 0.1) is 12.5 Å². The van der Waals surface area contributed by atoms with Gasteiger partial charge in [0.15, 0.2) is 5.75 Å². The summed E-state index contributed by atoms with van der Waals surface area (Å²) >= 11 is 0. The van der Waals surface area contributed by atoms with Crippen LogP contribution in [0.1, 0.15) is 22.3 Å². The van der Waals surface area contributed by atoms with Crippen molar-refractivity contribution >= 4 is 21.7 Å². The number of allylic oxidation sites excluding steroid dienone is 1. The molecule has 0 amide bonds. The topological polar surface area (TPSA) is 56.5 Å². The standard InChI is InChI=1S/C30H27FN2O3/c1-4-5-24-25-15-21(14-19-6-10-22(31)11-7-19)16-32-28(25)29(27-26(24)17-33(2)30(27)34)36-18-20-8-12-23(35-3)13-9-20/h4,6-13,15-17,34H,1,5,14,18H2,2-3H3. The first-order valence-electron chi connectivity index (χ1n) is 11.7. The molecule has 36 heavy (non-hydrogen) atoms. The third-order valence-corrected chi connectivity index (χ3v) is 6.40. The molecule has 0 fully saturated rings. The maximum atomic E-state index is 13.4. The summed E-state index contributed by atoms with van der Waals surface area (Å²) in [5, 5.41) is 13.4. The number of pyridine rings is 1. The zero-order valence-corrected chi connectivity index (χ0v) is 20.3. The average Bonchev–Trinajstić information content (AvgIpc) is 3.19. The van der Waals surface area contributed by atoms with Crippen LogP contribution in [0.5, 0.6) is 17.4 Å². The SMILES string of the molecule is C=CCc1c2cc(Cc3ccc(F)cc3)cnc2c(OCc2ccc(OC)cc2)c2c(O)n(C)cc12. The zero-order chi connectivity index (χ0) is 25.2. The first-order valence-corrected chi connectivity index (χ1v) is 11.7. The maximum absolute atomic E-state index is 13.4. The molecular formula is C30H27FN2O3. The van der Waals surface area contributed by atoms with E-state index in [1.165, 1.54) is 12.1 Å². The Morgan fingerprint density at radius 2 is 1.75 bits per heavy atom. The van der Waals surface area contributed by atoms with Crippen LogP contribution in [-0.2, 0) is 26.5 Å². The molecule has 0 radical (unpaired) electrons. The van der Waals surface area contributed by atoms with Crippen molar-refractivity contribution in [3.8, 4) is 17.4 Å². The fraction of sp³-hybridized carbons (Fsp3) is 0.167. The van der Waals surface area contributed by atoms with E-state index >= 15 is 0 Å². The molecule has 5 aromatic rings. The molecule has 0 saturated carbocycles. The van der Waals surface area contributed by atoms with E-state index in [9.17, 15) is 9.50 Å². The molecule has 0 bridgehead atoms. The van der Waals surface area contributed by atoms with Crippen molar-refractivity contribution < 1.29 is 19.0 Å². The van der Waals surface area contributed by atoms with Gasteiger partial charge in [0.25, 0.3) is 0 Å². The van der Waals surface area contributed by atoms with E-state index in [2.05, 4.69) is 12.6 Å². The van der Waals surface area contributed by atoms with Gasteiger partial charge < -0.3 is 19.1 Å². The van der Waals surface area contributed by atoms with Crippen LogP contribution in [0, 0.1) is 5.82 Å². The highest BCUT2D eigenvalue weighted by atomic mass is 19.1. The molecule has 5 nitrogen and oxygen atoms in total. The highest BCUT2D eigenvalue weighted by Crippen LogP contribution is 2.43. The molecule has 0 spiro atoms. The van der Waals surface area contributed by atoms with Crippen molar-refractivity contribution in [2.75, 3.05) is 7.11 Å². The van der Waals surface area contributed by atoms with Crippen LogP contribution in [-0.4, -0.2) is 21.8 Å². The van der Waals surface area contributed by atoms with E-state index in [1.54, 1.807) is 30.9 Å². The van der Waals surface area contributed by atoms with Crippen molar-refractivity contribution in [3.05, 3.63) is 108 Å². The Hall–Kier alpha value is -4.32. The van der Waals surface area contributed by atoms with E-state index in [0.29, 0.717) is 36.1 Å². The first kappa shape index (κ1) is 23.4. The molecule has 5 rings (SSSR count). The summed E-state index contributed by atoms with van der Waals surface area (Å²) in [5.41, 5.74) is 4.67. The van der Waals surface area contributed by atoms with E-state index < -0.39 is 0 Å². The molecular weight excluding hydrogens is 455 g/mol. The van der Waals surface area contributed by atoms with Crippen molar-refractivity contribution in [1.29, 1.82) is 0 Å². The molecule has 1 N–H and O–H groups in total. The van der Waals surface area contributed by atoms with Gasteiger partial charge in [-0.05, 0) is 65.4 Å². The molecule has 6 heteroatoms. The fourth-order valence-electron chi connectivity index (χ4n) is 4.57. The minimum absolute atomic E-state index is 0.124. The van der Waals surface area contributed by atoms with Crippen molar-refractivity contribution in [1.82, 2.24) is 9.55 Å². The van der Waals surface area contributed by atoms with Gasteiger partial charge in [0.2, 0.25) is 5.88 Å². The van der Waals surface area contributed by atoms with Crippen LogP contribution in [0.3, 0.4) is 0 Å². The normalized spacial score (nSPS) is 11.2. The lowest BCUT2D eigenvalue weighted by Gasteiger charge is -2.15. The van der Waals surface area contributed by atoms with Crippen LogP contribution in [0.25, 0.3) is 21.7 Å². The van der Waals surface area contributed by atoms with E-state index in [0.717, 1.165) is 38.8 Å². The van der Waals surface area contributed by atoms with Crippen LogP contribution < -0.4 is 9.47 Å². The molecule has 0 saturated heterocycles. The number of aryl methyl sites for hydroxylation is 1. The Balaban J connectivity index is 1.64. The molecule has 0 unspecified atom stereocenters. The number of rotatable bonds is 8. The second-order valence-corrected chi connectivity index (χ2v) is 8.83. The lowest BCUT2D eigenvalue weighted by Crippen LogP contribution is -2.00. The number of fused-ring (bicyclic) bond motifs is 2. The summed E-state index contributed by atoms with van der Waals surface area (Å²) in [6.45, 7) is 4.25. The number of methoxy groups -OCH3 is 1. The number of aromatic nitrogens is 2. The average molecular weight is 483 g/mol. The summed E-state index contributed by atoms with van der Waals surface area (Å²) in [5.74, 6) is 1.18. The molecule has 0 aliphatic heterocycles. The van der Waals surface area contributed by atoms with Gasteiger partial charge in [-0.2, -0.15) is 0 Å². The minimum Gasteiger partial charge on any atom is -0.497 e. The number of aromatic hydroxyl groups is 1. The molecule has 2 aromatic heterocycles. The molecule has 2 heterocycles. The largest absolute Gasteiger partial charge is 0.497 e. The number of ether oxygens (including phenoxy) is 2. The third kappa shape index (κ3) is 4.38. The number of benzene rings is 3. The van der Waals surface area contributed by atoms with Crippen LogP contribution in [0.15, 0.2) is 79.6 Å². The molecule has 0 aliphatic carbocycles. The summed E-state index contributed by atoms with van der Waals surface area (Å²) in [6, 6.07) is 16.3. The summed E-state index contributed by atoms with van der Waals surface area (Å²) in [7, 11) is 3.44. The Labute approximate surface area is 209 Å². The predicted molar refractivity (Wildman–Crippen MR) is 140 cm³/mol. The lowest BCUT2D eigenvalue weighted by atomic mass is 9.96. The maximum Gasteiger partial charge on any atom is 0.202 e. The molecule has 0 aliphatic rings. The second kappa shape index (κ2) is 9.74. The van der Waals surface area contributed by atoms with Gasteiger partial charge in [0, 0.05) is 30.2 Å². The Morgan fingerprint density at radius 3 is 2.44 bits per heavy atom. The van der Waals surface area contributed by atoms with Crippen molar-refractivity contribution in [3.63, 3.8) is 0 Å². The number of nitrogens with zero attached hydrogens (tertiary/aromatic N) is 2. The third-order valence-electron chi connectivity index (χ3n) is 6.40. The predicted octanol–water partition coefficient (Wildman–Crippen LogP) is 6.48. The van der Waals surface area contributed by atoms with E-state index in [1.807, 2.05) is 42.7 Å². The molecule has 0 atom stereocenters. The summed E-state index contributed by atoms with van der Waals surface area (Å²) in [4.78, 5) is 4.80. The van der Waals surface area contributed by atoms with Gasteiger partial charge in [0.1, 0.15) is 23.7 Å². The Kier molecular flexibility index (Phi) is 6.34. The lowest BCUT2D eigenvalue weighted by molar-refractivity contribution is 0.311. The highest BCUT2D eigenvalue weighted by Gasteiger charge is 2.22. The van der Waals surface area contributed by atoms with Gasteiger partial charge in [-0.1, -0.05) is 30.3 Å². The number of hydrogen-bond acceptors (Lipinski definition) is 4. The second-order valence-electron chi connectivity index (χ2n) is 8.83. The van der Waals surface area contributed by atoms with Crippen LogP contribution in [0.4, 0.5) is 4.39 Å². The minimum atomic E-state index is -0.256. The zero-order valence-electron chi connectivity index (χ0n) is 20.3. The van der Waals surface area contributed by atoms with Gasteiger partial charge in [-0.15, -0.1) is 6.58 Å². The quantitative estimate of drug-likeness (QED) is 0.257. The van der Waals surface area contributed by atoms with Crippen molar-refractivity contribution in [2.24, 2.45) is 7.05 Å². The van der Waals surface area contributed by atoms with Gasteiger partial charge in [-0.3, -0.25) is 4.98 Å². The number of hydrogen-bond donors (Lipinski definition) is 1. The van der Waals surface area contributed by atoms with Crippen molar-refractivity contribution in [2.45, 2.75) is 19.4 Å². The van der Waals surface area contributed by atoms with Gasteiger partial charge in [-0.25, -0.2) is 4.39 Å². The Bertz CT molecular complexity index is 1550. The van der Waals surface area contributed by atoms with Crippen LogP contribution in [0.2, 0.25) is 0 Å². The van der Waals surface area contributed by atoms with Crippen LogP contribution >= 0.6 is 0 Å². The van der Waals surface area contributed by atoms with E-state index in [4.69, 9.17) is 14.5 Å². The first-order chi connectivity index (χ1) is 17.5. The van der Waals surface area contributed by atoms with E-state index in [-0.39, 0.29) is 11.7 Å². The molecule has 182 valence electrons. The smallest absolute Gasteiger partial charge is 0.202 e. The summed E-state index contributed by atoms with van der Waals surface area (Å²) < 4.78 is 26.7. The molecule has 3 aromatic carbocycles. The monoisotopic (exact) mass is 482 g/mol. The van der Waals surface area contributed by atoms with Gasteiger partial charge >= 0.3 is 0 Å².